The summed E-state index contributed by atoms with van der Waals surface area (Å²) in [6, 6.07) is 4.26. The molecule has 0 aromatic heterocycles. The SMILES string of the molecule is Cl.NCC1CCCN(C(=O)c2c(Cl)cccc2[N+](=O)[O-])C1. The lowest BCUT2D eigenvalue weighted by Crippen LogP contribution is -2.42. The number of carbonyl (C=O) groups is 1. The van der Waals surface area contributed by atoms with Crippen molar-refractivity contribution in [2.45, 2.75) is 12.8 Å². The number of piperidine rings is 1. The Kier molecular flexibility index (Phi) is 6.39. The van der Waals surface area contributed by atoms with Gasteiger partial charge < -0.3 is 10.6 Å². The predicted octanol–water partition coefficient (Wildman–Crippen LogP) is 2.48. The van der Waals surface area contributed by atoms with E-state index in [1.807, 2.05) is 0 Å². The van der Waals surface area contributed by atoms with Gasteiger partial charge in [0.15, 0.2) is 0 Å². The zero-order valence-electron chi connectivity index (χ0n) is 11.3. The summed E-state index contributed by atoms with van der Waals surface area (Å²) in [5.41, 5.74) is 5.36. The summed E-state index contributed by atoms with van der Waals surface area (Å²) in [5, 5.41) is 11.1. The van der Waals surface area contributed by atoms with Crippen LogP contribution in [-0.4, -0.2) is 35.4 Å². The van der Waals surface area contributed by atoms with Crippen LogP contribution in [0.4, 0.5) is 5.69 Å². The molecule has 0 bridgehead atoms. The van der Waals surface area contributed by atoms with Crippen LogP contribution in [0.2, 0.25) is 5.02 Å². The number of nitro benzene ring substituents is 1. The van der Waals surface area contributed by atoms with Gasteiger partial charge in [0, 0.05) is 19.2 Å². The topological polar surface area (TPSA) is 89.5 Å². The lowest BCUT2D eigenvalue weighted by molar-refractivity contribution is -0.385. The molecule has 1 fully saturated rings. The zero-order chi connectivity index (χ0) is 14.7. The molecule has 1 amide bonds. The van der Waals surface area contributed by atoms with Crippen molar-refractivity contribution in [2.24, 2.45) is 11.7 Å². The lowest BCUT2D eigenvalue weighted by Gasteiger charge is -2.32. The third-order valence-corrected chi connectivity index (χ3v) is 3.86. The zero-order valence-corrected chi connectivity index (χ0v) is 12.9. The number of benzene rings is 1. The van der Waals surface area contributed by atoms with Crippen molar-refractivity contribution in [2.75, 3.05) is 19.6 Å². The van der Waals surface area contributed by atoms with Crippen molar-refractivity contribution in [1.82, 2.24) is 4.90 Å². The quantitative estimate of drug-likeness (QED) is 0.679. The molecule has 1 saturated heterocycles. The second-order valence-electron chi connectivity index (χ2n) is 4.89. The maximum Gasteiger partial charge on any atom is 0.283 e. The molecule has 1 atom stereocenters. The number of nitrogens with zero attached hydrogens (tertiary/aromatic N) is 2. The van der Waals surface area contributed by atoms with E-state index in [0.29, 0.717) is 19.6 Å². The maximum absolute atomic E-state index is 12.5. The van der Waals surface area contributed by atoms with Gasteiger partial charge in [0.2, 0.25) is 0 Å². The highest BCUT2D eigenvalue weighted by Crippen LogP contribution is 2.29. The van der Waals surface area contributed by atoms with Crippen molar-refractivity contribution in [3.05, 3.63) is 38.9 Å². The van der Waals surface area contributed by atoms with E-state index in [0.717, 1.165) is 12.8 Å². The number of amides is 1. The fraction of sp³-hybridized carbons (Fsp3) is 0.462. The monoisotopic (exact) mass is 333 g/mol. The normalized spacial score (nSPS) is 18.0. The molecule has 2 rings (SSSR count). The Hall–Kier alpha value is -1.37. The predicted molar refractivity (Wildman–Crippen MR) is 83.0 cm³/mol. The lowest BCUT2D eigenvalue weighted by atomic mass is 9.97. The fourth-order valence-electron chi connectivity index (χ4n) is 2.48. The first-order chi connectivity index (χ1) is 9.54. The van der Waals surface area contributed by atoms with Crippen LogP contribution in [0.5, 0.6) is 0 Å². The van der Waals surface area contributed by atoms with Crippen molar-refractivity contribution in [3.63, 3.8) is 0 Å². The second kappa shape index (κ2) is 7.59. The molecular weight excluding hydrogens is 317 g/mol. The minimum Gasteiger partial charge on any atom is -0.338 e. The fourth-order valence-corrected chi connectivity index (χ4v) is 2.73. The summed E-state index contributed by atoms with van der Waals surface area (Å²) in [4.78, 5) is 24.6. The first-order valence-electron chi connectivity index (χ1n) is 6.46. The van der Waals surface area contributed by atoms with E-state index in [1.54, 1.807) is 4.90 Å². The average molecular weight is 334 g/mol. The van der Waals surface area contributed by atoms with E-state index >= 15 is 0 Å². The molecule has 1 heterocycles. The highest BCUT2D eigenvalue weighted by atomic mass is 35.5. The van der Waals surface area contributed by atoms with E-state index in [-0.39, 0.29) is 40.5 Å². The Morgan fingerprint density at radius 2 is 2.24 bits per heavy atom. The van der Waals surface area contributed by atoms with Gasteiger partial charge in [0.25, 0.3) is 11.6 Å². The van der Waals surface area contributed by atoms with Gasteiger partial charge >= 0.3 is 0 Å². The number of hydrogen-bond donors (Lipinski definition) is 1. The molecule has 21 heavy (non-hydrogen) atoms. The number of rotatable bonds is 3. The number of nitro groups is 1. The number of carbonyl (C=O) groups excluding carboxylic acids is 1. The van der Waals surface area contributed by atoms with E-state index < -0.39 is 4.92 Å². The molecule has 116 valence electrons. The Balaban J connectivity index is 0.00000220. The van der Waals surface area contributed by atoms with Crippen molar-refractivity contribution in [1.29, 1.82) is 0 Å². The first kappa shape index (κ1) is 17.7. The highest BCUT2D eigenvalue weighted by molar-refractivity contribution is 6.34. The largest absolute Gasteiger partial charge is 0.338 e. The van der Waals surface area contributed by atoms with Gasteiger partial charge in [-0.2, -0.15) is 0 Å². The molecular formula is C13H17Cl2N3O3. The highest BCUT2D eigenvalue weighted by Gasteiger charge is 2.30. The van der Waals surface area contributed by atoms with Gasteiger partial charge in [-0.15, -0.1) is 12.4 Å². The Labute approximate surface area is 133 Å². The second-order valence-corrected chi connectivity index (χ2v) is 5.29. The summed E-state index contributed by atoms with van der Waals surface area (Å²) < 4.78 is 0. The minimum absolute atomic E-state index is 0. The van der Waals surface area contributed by atoms with Crippen molar-refractivity contribution < 1.29 is 9.72 Å². The summed E-state index contributed by atoms with van der Waals surface area (Å²) in [6.45, 7) is 1.61. The third kappa shape index (κ3) is 3.84. The molecule has 0 radical (unpaired) electrons. The van der Waals surface area contributed by atoms with Crippen LogP contribution in [0.3, 0.4) is 0 Å². The van der Waals surface area contributed by atoms with Crippen LogP contribution in [-0.2, 0) is 0 Å². The van der Waals surface area contributed by atoms with Gasteiger partial charge in [-0.25, -0.2) is 0 Å². The Morgan fingerprint density at radius 3 is 2.86 bits per heavy atom. The van der Waals surface area contributed by atoms with Crippen molar-refractivity contribution >= 4 is 35.6 Å². The summed E-state index contributed by atoms with van der Waals surface area (Å²) in [5.74, 6) is -0.144. The van der Waals surface area contributed by atoms with Crippen molar-refractivity contribution in [3.8, 4) is 0 Å². The number of nitrogens with two attached hydrogens (primary N) is 1. The number of halogens is 2. The summed E-state index contributed by atoms with van der Waals surface area (Å²) >= 11 is 5.98. The van der Waals surface area contributed by atoms with Crippen LogP contribution >= 0.6 is 24.0 Å². The molecule has 1 aromatic rings. The average Bonchev–Trinajstić information content (AvgIpc) is 2.46. The number of likely N-dealkylation sites (tertiary alicyclic amines) is 1. The minimum atomic E-state index is -0.580. The van der Waals surface area contributed by atoms with Gasteiger partial charge in [-0.05, 0) is 31.4 Å². The van der Waals surface area contributed by atoms with E-state index in [9.17, 15) is 14.9 Å². The molecule has 0 saturated carbocycles. The smallest absolute Gasteiger partial charge is 0.283 e. The van der Waals surface area contributed by atoms with Gasteiger partial charge in [0.1, 0.15) is 5.56 Å². The molecule has 1 unspecified atom stereocenters. The molecule has 1 aliphatic heterocycles. The number of hydrogen-bond acceptors (Lipinski definition) is 4. The maximum atomic E-state index is 12.5. The Bertz CT molecular complexity index is 539. The van der Waals surface area contributed by atoms with Crippen LogP contribution in [0.25, 0.3) is 0 Å². The van der Waals surface area contributed by atoms with Gasteiger partial charge in [-0.3, -0.25) is 14.9 Å². The molecule has 1 aliphatic rings. The van der Waals surface area contributed by atoms with E-state index in [4.69, 9.17) is 17.3 Å². The Morgan fingerprint density at radius 1 is 1.52 bits per heavy atom. The van der Waals surface area contributed by atoms with Crippen LogP contribution in [0.1, 0.15) is 23.2 Å². The summed E-state index contributed by atoms with van der Waals surface area (Å²) in [6.07, 6.45) is 1.83. The van der Waals surface area contributed by atoms with Crippen LogP contribution in [0.15, 0.2) is 18.2 Å². The molecule has 6 nitrogen and oxygen atoms in total. The molecule has 0 aliphatic carbocycles. The van der Waals surface area contributed by atoms with Crippen LogP contribution in [0, 0.1) is 16.0 Å². The van der Waals surface area contributed by atoms with Gasteiger partial charge in [-0.1, -0.05) is 17.7 Å². The van der Waals surface area contributed by atoms with Crippen LogP contribution < -0.4 is 5.73 Å². The molecule has 8 heteroatoms. The standard InChI is InChI=1S/C13H16ClN3O3.ClH/c14-10-4-1-5-11(17(19)20)12(10)13(18)16-6-2-3-9(7-15)8-16;/h1,4-5,9H,2-3,6-8,15H2;1H. The first-order valence-corrected chi connectivity index (χ1v) is 6.84. The van der Waals surface area contributed by atoms with E-state index in [1.165, 1.54) is 18.2 Å². The van der Waals surface area contributed by atoms with Gasteiger partial charge in [0.05, 0.1) is 9.95 Å². The molecule has 1 aromatic carbocycles. The molecule has 2 N–H and O–H groups in total. The van der Waals surface area contributed by atoms with E-state index in [2.05, 4.69) is 0 Å². The summed E-state index contributed by atoms with van der Waals surface area (Å²) in [7, 11) is 0. The third-order valence-electron chi connectivity index (χ3n) is 3.54. The molecule has 0 spiro atoms.